The molecular formula is C18H12ClN5O2. The molecule has 3 heterocycles. The van der Waals surface area contributed by atoms with E-state index >= 15 is 0 Å². The van der Waals surface area contributed by atoms with Crippen molar-refractivity contribution >= 4 is 23.3 Å². The molecule has 0 aromatic carbocycles. The number of rotatable bonds is 4. The zero-order valence-electron chi connectivity index (χ0n) is 13.6. The van der Waals surface area contributed by atoms with Gasteiger partial charge in [0.1, 0.15) is 29.1 Å². The van der Waals surface area contributed by atoms with Crippen LogP contribution in [0.1, 0.15) is 21.7 Å². The molecular weight excluding hydrogens is 354 g/mol. The molecule has 0 fully saturated rings. The number of halogens is 1. The van der Waals surface area contributed by atoms with E-state index in [9.17, 15) is 4.79 Å². The maximum absolute atomic E-state index is 12.4. The van der Waals surface area contributed by atoms with E-state index in [-0.39, 0.29) is 5.69 Å². The highest BCUT2D eigenvalue weighted by Crippen LogP contribution is 2.24. The average Bonchev–Trinajstić information content (AvgIpc) is 2.62. The Labute approximate surface area is 154 Å². The number of aryl methyl sites for hydroxylation is 1. The second-order valence-corrected chi connectivity index (χ2v) is 5.70. The number of ether oxygens (including phenoxy) is 1. The lowest BCUT2D eigenvalue weighted by Gasteiger charge is -2.09. The van der Waals surface area contributed by atoms with Crippen LogP contribution in [0.15, 0.2) is 48.9 Å². The zero-order chi connectivity index (χ0) is 18.5. The highest BCUT2D eigenvalue weighted by atomic mass is 35.5. The van der Waals surface area contributed by atoms with E-state index in [0.29, 0.717) is 33.6 Å². The first-order chi connectivity index (χ1) is 12.5. The van der Waals surface area contributed by atoms with Gasteiger partial charge in [-0.1, -0.05) is 11.6 Å². The minimum Gasteiger partial charge on any atom is -0.456 e. The van der Waals surface area contributed by atoms with Crippen molar-refractivity contribution in [2.45, 2.75) is 6.92 Å². The van der Waals surface area contributed by atoms with Crippen molar-refractivity contribution in [3.63, 3.8) is 0 Å². The number of carbonyl (C=O) groups is 1. The normalized spacial score (nSPS) is 10.0. The Bertz CT molecular complexity index is 999. The van der Waals surface area contributed by atoms with Gasteiger partial charge >= 0.3 is 0 Å². The largest absolute Gasteiger partial charge is 0.456 e. The molecule has 128 valence electrons. The van der Waals surface area contributed by atoms with Crippen LogP contribution in [0.5, 0.6) is 11.5 Å². The van der Waals surface area contributed by atoms with Gasteiger partial charge in [0.05, 0.1) is 16.8 Å². The number of nitrogens with one attached hydrogen (secondary N) is 1. The third-order valence-corrected chi connectivity index (χ3v) is 3.42. The number of nitrogens with zero attached hydrogens (tertiary/aromatic N) is 4. The fraction of sp³-hybridized carbons (Fsp3) is 0.0556. The predicted octanol–water partition coefficient (Wildman–Crippen LogP) is 3.75. The van der Waals surface area contributed by atoms with Crippen LogP contribution in [0.2, 0.25) is 5.02 Å². The smallest absolute Gasteiger partial charge is 0.275 e. The first kappa shape index (κ1) is 17.3. The summed E-state index contributed by atoms with van der Waals surface area (Å²) in [5.41, 5.74) is 1.18. The second kappa shape index (κ2) is 7.59. The Kier molecular flexibility index (Phi) is 5.06. The van der Waals surface area contributed by atoms with Crippen LogP contribution in [0, 0.1) is 18.3 Å². The Balaban J connectivity index is 1.79. The number of nitriles is 1. The van der Waals surface area contributed by atoms with E-state index in [0.717, 1.165) is 0 Å². The van der Waals surface area contributed by atoms with Crippen molar-refractivity contribution in [3.8, 4) is 17.6 Å². The molecule has 0 saturated heterocycles. The lowest BCUT2D eigenvalue weighted by molar-refractivity contribution is 0.102. The summed E-state index contributed by atoms with van der Waals surface area (Å²) in [6.45, 7) is 1.75. The first-order valence-corrected chi connectivity index (χ1v) is 7.86. The molecule has 0 aliphatic rings. The summed E-state index contributed by atoms with van der Waals surface area (Å²) < 4.78 is 5.69. The van der Waals surface area contributed by atoms with Gasteiger partial charge in [0.25, 0.3) is 5.91 Å². The molecule has 1 N–H and O–H groups in total. The summed E-state index contributed by atoms with van der Waals surface area (Å²) in [5, 5.41) is 11.8. The van der Waals surface area contributed by atoms with Crippen molar-refractivity contribution < 1.29 is 9.53 Å². The topological polar surface area (TPSA) is 101 Å². The molecule has 3 rings (SSSR count). The standard InChI is InChI=1S/C18H12ClN5O2/c1-11-4-14(26-15-5-13(19)9-21-10-15)6-16(23-11)18(25)24-17-3-2-12(7-20)8-22-17/h2-6,8-10H,1H3,(H,22,24,25). The lowest BCUT2D eigenvalue weighted by atomic mass is 10.2. The number of pyridine rings is 3. The van der Waals surface area contributed by atoms with Gasteiger partial charge in [-0.05, 0) is 19.1 Å². The fourth-order valence-electron chi connectivity index (χ4n) is 2.11. The van der Waals surface area contributed by atoms with Gasteiger partial charge in [-0.25, -0.2) is 9.97 Å². The molecule has 0 bridgehead atoms. The van der Waals surface area contributed by atoms with E-state index in [2.05, 4.69) is 20.3 Å². The summed E-state index contributed by atoms with van der Waals surface area (Å²) in [6, 6.07) is 9.88. The predicted molar refractivity (Wildman–Crippen MR) is 95.2 cm³/mol. The van der Waals surface area contributed by atoms with Gasteiger partial charge in [0, 0.05) is 36.3 Å². The van der Waals surface area contributed by atoms with Crippen LogP contribution in [0.3, 0.4) is 0 Å². The third-order valence-electron chi connectivity index (χ3n) is 3.21. The number of amides is 1. The summed E-state index contributed by atoms with van der Waals surface area (Å²) >= 11 is 5.89. The van der Waals surface area contributed by atoms with Crippen molar-refractivity contribution in [1.29, 1.82) is 5.26 Å². The van der Waals surface area contributed by atoms with Crippen molar-refractivity contribution in [3.05, 3.63) is 70.9 Å². The Morgan fingerprint density at radius 3 is 2.73 bits per heavy atom. The molecule has 0 radical (unpaired) electrons. The van der Waals surface area contributed by atoms with Gasteiger partial charge in [-0.15, -0.1) is 0 Å². The molecule has 0 spiro atoms. The van der Waals surface area contributed by atoms with Crippen LogP contribution in [0.25, 0.3) is 0 Å². The maximum atomic E-state index is 12.4. The van der Waals surface area contributed by atoms with Gasteiger partial charge in [0.2, 0.25) is 0 Å². The molecule has 7 nitrogen and oxygen atoms in total. The van der Waals surface area contributed by atoms with Gasteiger partial charge < -0.3 is 10.1 Å². The second-order valence-electron chi connectivity index (χ2n) is 5.27. The SMILES string of the molecule is Cc1cc(Oc2cncc(Cl)c2)cc(C(=O)Nc2ccc(C#N)cn2)n1. The maximum Gasteiger partial charge on any atom is 0.275 e. The minimum absolute atomic E-state index is 0.168. The van der Waals surface area contributed by atoms with Gasteiger partial charge in [0.15, 0.2) is 0 Å². The van der Waals surface area contributed by atoms with E-state index in [4.69, 9.17) is 21.6 Å². The number of carbonyl (C=O) groups excluding carboxylic acids is 1. The Morgan fingerprint density at radius 2 is 2.04 bits per heavy atom. The van der Waals surface area contributed by atoms with Crippen molar-refractivity contribution in [1.82, 2.24) is 15.0 Å². The van der Waals surface area contributed by atoms with Crippen LogP contribution >= 0.6 is 11.6 Å². The molecule has 8 heteroatoms. The summed E-state index contributed by atoms with van der Waals surface area (Å²) in [5.74, 6) is 0.751. The monoisotopic (exact) mass is 365 g/mol. The molecule has 0 aliphatic carbocycles. The van der Waals surface area contributed by atoms with E-state index in [1.807, 2.05) is 6.07 Å². The minimum atomic E-state index is -0.444. The molecule has 3 aromatic heterocycles. The molecule has 1 amide bonds. The highest BCUT2D eigenvalue weighted by molar-refractivity contribution is 6.30. The van der Waals surface area contributed by atoms with Gasteiger partial charge in [-0.3, -0.25) is 9.78 Å². The molecule has 0 saturated carbocycles. The van der Waals surface area contributed by atoms with Crippen LogP contribution in [-0.4, -0.2) is 20.9 Å². The first-order valence-electron chi connectivity index (χ1n) is 7.48. The average molecular weight is 366 g/mol. The zero-order valence-corrected chi connectivity index (χ0v) is 14.4. The lowest BCUT2D eigenvalue weighted by Crippen LogP contribution is -2.15. The molecule has 0 unspecified atom stereocenters. The van der Waals surface area contributed by atoms with Crippen molar-refractivity contribution in [2.75, 3.05) is 5.32 Å². The number of anilines is 1. The number of hydrogen-bond donors (Lipinski definition) is 1. The third kappa shape index (κ3) is 4.32. The number of aromatic nitrogens is 3. The van der Waals surface area contributed by atoms with Crippen LogP contribution in [-0.2, 0) is 0 Å². The number of hydrogen-bond acceptors (Lipinski definition) is 6. The summed E-state index contributed by atoms with van der Waals surface area (Å²) in [4.78, 5) is 24.6. The Morgan fingerprint density at radius 1 is 1.19 bits per heavy atom. The quantitative estimate of drug-likeness (QED) is 0.755. The highest BCUT2D eigenvalue weighted by Gasteiger charge is 2.12. The summed E-state index contributed by atoms with van der Waals surface area (Å²) in [6.07, 6.45) is 4.39. The van der Waals surface area contributed by atoms with E-state index in [1.54, 1.807) is 31.2 Å². The molecule has 0 atom stereocenters. The Hall–Kier alpha value is -3.50. The summed E-state index contributed by atoms with van der Waals surface area (Å²) in [7, 11) is 0. The van der Waals surface area contributed by atoms with Crippen molar-refractivity contribution in [2.24, 2.45) is 0 Å². The molecule has 3 aromatic rings. The molecule has 0 aliphatic heterocycles. The van der Waals surface area contributed by atoms with E-state index < -0.39 is 5.91 Å². The fourth-order valence-corrected chi connectivity index (χ4v) is 2.27. The van der Waals surface area contributed by atoms with Crippen LogP contribution in [0.4, 0.5) is 5.82 Å². The van der Waals surface area contributed by atoms with Gasteiger partial charge in [-0.2, -0.15) is 5.26 Å². The van der Waals surface area contributed by atoms with Crippen LogP contribution < -0.4 is 10.1 Å². The molecule has 26 heavy (non-hydrogen) atoms. The van der Waals surface area contributed by atoms with E-state index in [1.165, 1.54) is 24.7 Å².